The molecule has 0 N–H and O–H groups in total. The number of para-hydroxylation sites is 1. The van der Waals surface area contributed by atoms with Gasteiger partial charge in [0.05, 0.1) is 11.0 Å². The van der Waals surface area contributed by atoms with Gasteiger partial charge in [0.1, 0.15) is 7.02 Å². The molecule has 1 atom stereocenters. The fraction of sp³-hybridized carbons (Fsp3) is 0. The first-order valence-electron chi connectivity index (χ1n) is 9.47. The van der Waals surface area contributed by atoms with Gasteiger partial charge in [-0.1, -0.05) is 66.7 Å². The Hall–Kier alpha value is -3.10. The maximum atomic E-state index is 14.9. The smallest absolute Gasteiger partial charge is 0.373 e. The average Bonchev–Trinajstić information content (AvgIpc) is 3.19. The van der Waals surface area contributed by atoms with E-state index in [1.165, 1.54) is 11.1 Å². The van der Waals surface area contributed by atoms with Gasteiger partial charge in [-0.3, -0.25) is 4.98 Å². The number of rotatable bonds is 0. The Bertz CT molecular complexity index is 1380. The fourth-order valence-corrected chi connectivity index (χ4v) is 9.07. The number of hydrogen-bond donors (Lipinski definition) is 0. The Morgan fingerprint density at radius 1 is 0.750 bits per heavy atom. The highest BCUT2D eigenvalue weighted by molar-refractivity contribution is 8.09. The summed E-state index contributed by atoms with van der Waals surface area (Å²) in [7, 11) is -2.89. The first kappa shape index (κ1) is 14.9. The molecule has 0 fully saturated rings. The number of pyridine rings is 1. The van der Waals surface area contributed by atoms with Gasteiger partial charge in [0.2, 0.25) is 0 Å². The van der Waals surface area contributed by atoms with Crippen LogP contribution in [-0.2, 0) is 4.57 Å². The molecule has 0 aliphatic carbocycles. The van der Waals surface area contributed by atoms with Crippen LogP contribution in [0, 0.1) is 0 Å². The number of hydrogen-bond acceptors (Lipinski definition) is 3. The van der Waals surface area contributed by atoms with Crippen LogP contribution in [0.15, 0.2) is 85.1 Å². The number of benzene rings is 3. The summed E-state index contributed by atoms with van der Waals surface area (Å²) < 4.78 is 14.9. The summed E-state index contributed by atoms with van der Waals surface area (Å²) >= 11 is 0. The van der Waals surface area contributed by atoms with Crippen molar-refractivity contribution in [3.05, 3.63) is 85.1 Å². The molecule has 0 saturated heterocycles. The zero-order chi connectivity index (χ0) is 18.5. The Kier molecular flexibility index (Phi) is 2.58. The minimum atomic E-state index is -2.89. The second-order valence-electron chi connectivity index (χ2n) is 7.55. The summed E-state index contributed by atoms with van der Waals surface area (Å²) in [6, 6.07) is 27.0. The molecule has 28 heavy (non-hydrogen) atoms. The highest BCUT2D eigenvalue weighted by Crippen LogP contribution is 2.64. The highest BCUT2D eigenvalue weighted by atomic mass is 31.2. The third-order valence-corrected chi connectivity index (χ3v) is 9.70. The zero-order valence-corrected chi connectivity index (χ0v) is 15.8. The molecule has 7 rings (SSSR count). The number of fused-ring (bicyclic) bond motifs is 11. The normalized spacial score (nSPS) is 19.6. The Balaban J connectivity index is 1.68. The molecule has 4 aromatic rings. The Morgan fingerprint density at radius 3 is 2.36 bits per heavy atom. The van der Waals surface area contributed by atoms with Crippen molar-refractivity contribution in [1.82, 2.24) is 4.98 Å². The van der Waals surface area contributed by atoms with Gasteiger partial charge in [0, 0.05) is 34.0 Å². The van der Waals surface area contributed by atoms with Gasteiger partial charge < -0.3 is 9.38 Å². The van der Waals surface area contributed by atoms with Gasteiger partial charge in [0.15, 0.2) is 0 Å². The van der Waals surface area contributed by atoms with Crippen molar-refractivity contribution in [3.63, 3.8) is 0 Å². The van der Waals surface area contributed by atoms with Crippen LogP contribution in [0.4, 0.5) is 11.4 Å². The van der Waals surface area contributed by atoms with Crippen molar-refractivity contribution in [2.24, 2.45) is 0 Å². The highest BCUT2D eigenvalue weighted by Gasteiger charge is 2.60. The summed E-state index contributed by atoms with van der Waals surface area (Å²) in [5.41, 5.74) is 7.60. The molecule has 0 radical (unpaired) electrons. The lowest BCUT2D eigenvalue weighted by molar-refractivity contribution is 0.595. The van der Waals surface area contributed by atoms with E-state index in [0.29, 0.717) is 0 Å². The van der Waals surface area contributed by atoms with Gasteiger partial charge in [-0.05, 0) is 23.2 Å². The molecule has 0 spiro atoms. The van der Waals surface area contributed by atoms with Crippen molar-refractivity contribution in [2.45, 2.75) is 0 Å². The topological polar surface area (TPSA) is 33.2 Å². The predicted octanol–water partition coefficient (Wildman–Crippen LogP) is 3.90. The van der Waals surface area contributed by atoms with Crippen LogP contribution in [0.2, 0.25) is 0 Å². The fourth-order valence-electron chi connectivity index (χ4n) is 5.27. The van der Waals surface area contributed by atoms with E-state index in [9.17, 15) is 4.57 Å². The van der Waals surface area contributed by atoms with Crippen LogP contribution in [0.1, 0.15) is 0 Å². The van der Waals surface area contributed by atoms with Crippen molar-refractivity contribution >= 4 is 41.0 Å². The first-order valence-corrected chi connectivity index (χ1v) is 11.2. The van der Waals surface area contributed by atoms with Crippen LogP contribution in [0.25, 0.3) is 22.4 Å². The van der Waals surface area contributed by atoms with Gasteiger partial charge in [0.25, 0.3) is 0 Å². The molecule has 0 saturated carbocycles. The summed E-state index contributed by atoms with van der Waals surface area (Å²) in [5.74, 6) is 0. The summed E-state index contributed by atoms with van der Waals surface area (Å²) in [5, 5.41) is 1.89. The van der Waals surface area contributed by atoms with Gasteiger partial charge in [-0.15, -0.1) is 0 Å². The van der Waals surface area contributed by atoms with Crippen LogP contribution in [0.5, 0.6) is 0 Å². The monoisotopic (exact) mass is 376 g/mol. The van der Waals surface area contributed by atoms with Crippen LogP contribution in [0.3, 0.4) is 0 Å². The quantitative estimate of drug-likeness (QED) is 0.345. The molecule has 5 heteroatoms. The molecule has 1 unspecified atom stereocenters. The number of anilines is 2. The van der Waals surface area contributed by atoms with E-state index >= 15 is 0 Å². The Morgan fingerprint density at radius 2 is 1.46 bits per heavy atom. The van der Waals surface area contributed by atoms with Gasteiger partial charge in [-0.2, -0.15) is 0 Å². The Labute approximate surface area is 163 Å². The lowest BCUT2D eigenvalue weighted by Gasteiger charge is -2.35. The number of aromatic nitrogens is 1. The summed E-state index contributed by atoms with van der Waals surface area (Å²) in [6.07, 6.45) is 1.85. The van der Waals surface area contributed by atoms with E-state index in [-0.39, 0.29) is 6.57 Å². The average molecular weight is 376 g/mol. The molecule has 4 heterocycles. The molecule has 0 bridgehead atoms. The SMILES string of the molecule is O=P12B3c4ccccc4-c4ccccc4N3c3ccnc(c31)-c1ccccc12. The van der Waals surface area contributed by atoms with E-state index in [2.05, 4.69) is 64.4 Å². The molecular weight excluding hydrogens is 362 g/mol. The molecule has 3 nitrogen and oxygen atoms in total. The van der Waals surface area contributed by atoms with E-state index in [1.807, 2.05) is 30.5 Å². The maximum Gasteiger partial charge on any atom is 0.377 e. The van der Waals surface area contributed by atoms with E-state index in [0.717, 1.165) is 38.7 Å². The van der Waals surface area contributed by atoms with Crippen LogP contribution in [-0.4, -0.2) is 11.6 Å². The molecule has 130 valence electrons. The lowest BCUT2D eigenvalue weighted by atomic mass is 9.69. The number of nitrogens with zero attached hydrogens (tertiary/aromatic N) is 2. The van der Waals surface area contributed by atoms with E-state index in [4.69, 9.17) is 0 Å². The molecule has 0 amide bonds. The van der Waals surface area contributed by atoms with Gasteiger partial charge in [-0.25, -0.2) is 0 Å². The first-order chi connectivity index (χ1) is 13.8. The molecule has 1 aromatic heterocycles. The van der Waals surface area contributed by atoms with E-state index < -0.39 is 7.02 Å². The van der Waals surface area contributed by atoms with Gasteiger partial charge >= 0.3 is 6.57 Å². The second kappa shape index (κ2) is 4.84. The maximum absolute atomic E-state index is 14.9. The third-order valence-electron chi connectivity index (χ3n) is 6.29. The third kappa shape index (κ3) is 1.49. The van der Waals surface area contributed by atoms with Crippen LogP contribution < -0.4 is 20.9 Å². The van der Waals surface area contributed by atoms with Crippen molar-refractivity contribution in [1.29, 1.82) is 0 Å². The van der Waals surface area contributed by atoms with E-state index in [1.54, 1.807) is 0 Å². The van der Waals surface area contributed by atoms with Crippen molar-refractivity contribution < 1.29 is 4.57 Å². The zero-order valence-electron chi connectivity index (χ0n) is 14.9. The van der Waals surface area contributed by atoms with Crippen molar-refractivity contribution in [2.75, 3.05) is 4.81 Å². The van der Waals surface area contributed by atoms with Crippen LogP contribution >= 0.6 is 7.02 Å². The molecular formula is C23H14BN2OP. The summed E-state index contributed by atoms with van der Waals surface area (Å²) in [6.45, 7) is -0.208. The standard InChI is InChI=1S/C23H14BN2OP/c27-28-21-12-6-3-9-17(21)22-23(28)20(13-14-25-22)26-19-11-5-2-8-16(19)15-7-1-4-10-18(15)24(26)28/h1-14H. The molecule has 3 aliphatic heterocycles. The largest absolute Gasteiger partial charge is 0.377 e. The minimum Gasteiger partial charge on any atom is -0.373 e. The predicted molar refractivity (Wildman–Crippen MR) is 116 cm³/mol. The minimum absolute atomic E-state index is 0.208. The molecule has 3 aliphatic rings. The second-order valence-corrected chi connectivity index (χ2v) is 10.3. The molecule has 3 aromatic carbocycles. The lowest BCUT2D eigenvalue weighted by Crippen LogP contribution is -2.47. The summed E-state index contributed by atoms with van der Waals surface area (Å²) in [4.78, 5) is 6.97. The van der Waals surface area contributed by atoms with Crippen molar-refractivity contribution in [3.8, 4) is 22.4 Å².